The molecular weight excluding hydrogens is 1060 g/mol. The van der Waals surface area contributed by atoms with E-state index in [0.717, 1.165) is 18.4 Å². The molecule has 0 aliphatic carbocycles. The summed E-state index contributed by atoms with van der Waals surface area (Å²) in [4.78, 5) is 0. The van der Waals surface area contributed by atoms with Gasteiger partial charge in [-0.1, -0.05) is 43.9 Å². The van der Waals surface area contributed by atoms with Crippen molar-refractivity contribution >= 4 is 20.8 Å². The van der Waals surface area contributed by atoms with Gasteiger partial charge in [0.25, 0.3) is 0 Å². The summed E-state index contributed by atoms with van der Waals surface area (Å²) in [5.41, 5.74) is -3.71. The lowest BCUT2D eigenvalue weighted by atomic mass is 9.73. The first-order valence-electron chi connectivity index (χ1n) is 28.2. The van der Waals surface area contributed by atoms with Crippen LogP contribution in [0.3, 0.4) is 0 Å². The largest absolute Gasteiger partial charge is 0.397 e. The van der Waals surface area contributed by atoms with Crippen LogP contribution in [0.4, 0.5) is 0 Å². The van der Waals surface area contributed by atoms with Gasteiger partial charge in [-0.15, -0.1) is 6.58 Å². The van der Waals surface area contributed by atoms with Gasteiger partial charge in [-0.3, -0.25) is 9.11 Å². The van der Waals surface area contributed by atoms with E-state index in [4.69, 9.17) is 60.8 Å². The Balaban J connectivity index is 0.749. The lowest BCUT2D eigenvalue weighted by Crippen LogP contribution is -2.74. The van der Waals surface area contributed by atoms with Crippen LogP contribution in [0.5, 0.6) is 0 Å². The number of aliphatic hydroxyl groups excluding tert-OH is 1. The van der Waals surface area contributed by atoms with Crippen LogP contribution in [0.15, 0.2) is 49.1 Å². The summed E-state index contributed by atoms with van der Waals surface area (Å²) in [7, 11) is -9.74. The molecule has 0 radical (unpaired) electrons. The van der Waals surface area contributed by atoms with Gasteiger partial charge in [-0.25, -0.2) is 8.37 Å². The molecule has 0 bridgehead atoms. The van der Waals surface area contributed by atoms with Crippen LogP contribution in [0, 0.1) is 5.92 Å². The Morgan fingerprint density at radius 1 is 0.692 bits per heavy atom. The Bertz CT molecular complexity index is 2540. The third-order valence-electron chi connectivity index (χ3n) is 19.6. The quantitative estimate of drug-likeness (QED) is 0.120. The summed E-state index contributed by atoms with van der Waals surface area (Å²) >= 11 is 0. The molecule has 0 saturated carbocycles. The van der Waals surface area contributed by atoms with Crippen LogP contribution >= 0.6 is 0 Å². The van der Waals surface area contributed by atoms with Crippen molar-refractivity contribution in [2.24, 2.45) is 5.92 Å². The van der Waals surface area contributed by atoms with E-state index in [1.807, 2.05) is 6.92 Å². The Morgan fingerprint density at radius 2 is 1.26 bits per heavy atom. The zero-order chi connectivity index (χ0) is 55.7. The van der Waals surface area contributed by atoms with E-state index in [0.29, 0.717) is 69.8 Å². The van der Waals surface area contributed by atoms with Gasteiger partial charge >= 0.3 is 20.8 Å². The molecular formula is C55H82O21S2. The van der Waals surface area contributed by atoms with E-state index in [9.17, 15) is 31.6 Å². The van der Waals surface area contributed by atoms with Crippen molar-refractivity contribution in [3.05, 3.63) is 49.1 Å². The highest BCUT2D eigenvalue weighted by Crippen LogP contribution is 2.54. The van der Waals surface area contributed by atoms with Gasteiger partial charge in [0.1, 0.15) is 35.6 Å². The van der Waals surface area contributed by atoms with Crippen molar-refractivity contribution in [3.63, 3.8) is 0 Å². The van der Waals surface area contributed by atoms with E-state index < -0.39 is 129 Å². The molecule has 440 valence electrons. The second kappa shape index (κ2) is 21.1. The maximum absolute atomic E-state index is 12.3. The molecule has 26 atom stereocenters. The molecule has 0 spiro atoms. The zero-order valence-electron chi connectivity index (χ0n) is 45.6. The average molecular weight is 1140 g/mol. The fraction of sp³-hybridized carbons (Fsp3) is 0.855. The molecule has 0 aromatic carbocycles. The molecule has 11 aliphatic rings. The maximum atomic E-state index is 12.3. The van der Waals surface area contributed by atoms with Crippen molar-refractivity contribution < 1.29 is 96.6 Å². The minimum Gasteiger partial charge on any atom is -0.387 e. The lowest BCUT2D eigenvalue weighted by molar-refractivity contribution is -0.369. The molecule has 26 unspecified atom stereocenters. The molecule has 0 aromatic heterocycles. The first kappa shape index (κ1) is 58.0. The molecule has 11 aliphatic heterocycles. The van der Waals surface area contributed by atoms with Gasteiger partial charge < -0.3 is 62.3 Å². The second-order valence-corrected chi connectivity index (χ2v) is 27.7. The van der Waals surface area contributed by atoms with Crippen LogP contribution in [0.2, 0.25) is 0 Å². The van der Waals surface area contributed by atoms with Crippen molar-refractivity contribution in [2.75, 3.05) is 6.61 Å². The number of aliphatic hydroxyl groups is 2. The Labute approximate surface area is 458 Å². The zero-order valence-corrected chi connectivity index (χ0v) is 47.3. The highest BCUT2D eigenvalue weighted by molar-refractivity contribution is 7.81. The van der Waals surface area contributed by atoms with Crippen LogP contribution in [-0.2, 0) is 81.3 Å². The SMILES string of the molecule is C=CCC(=C)C=CC(C)(O)C1OC2CC3OC4CC5OC6CC7OC8CC9OC%10CC%11OC(C)(CCOS(=O)(=O)O)C(OS(=O)(=O)O)CC%11OC%10CC9OC8CCC7(C)OC6(C)CCC(C)C5OC4C(O)C3(C)OC2CC1=C. The predicted molar refractivity (Wildman–Crippen MR) is 276 cm³/mol. The first-order valence-corrected chi connectivity index (χ1v) is 30.9. The molecule has 11 saturated heterocycles. The summed E-state index contributed by atoms with van der Waals surface area (Å²) in [6.45, 7) is 23.2. The summed E-state index contributed by atoms with van der Waals surface area (Å²) in [6.07, 6.45) is 1.75. The Morgan fingerprint density at radius 3 is 1.91 bits per heavy atom. The van der Waals surface area contributed by atoms with Crippen LogP contribution < -0.4 is 0 Å². The highest BCUT2D eigenvalue weighted by Gasteiger charge is 2.65. The van der Waals surface area contributed by atoms with Crippen molar-refractivity contribution in [3.8, 4) is 0 Å². The highest BCUT2D eigenvalue weighted by atomic mass is 32.3. The Kier molecular flexibility index (Phi) is 15.6. The average Bonchev–Trinajstić information content (AvgIpc) is 3.48. The number of hydrogen-bond donors (Lipinski definition) is 4. The van der Waals surface area contributed by atoms with E-state index >= 15 is 0 Å². The topological polar surface area (TPSA) is 269 Å². The molecule has 0 amide bonds. The van der Waals surface area contributed by atoms with Gasteiger partial charge in [0.15, 0.2) is 0 Å². The molecule has 0 aromatic rings. The van der Waals surface area contributed by atoms with Crippen LogP contribution in [0.25, 0.3) is 0 Å². The molecule has 21 nitrogen and oxygen atoms in total. The predicted octanol–water partition coefficient (Wildman–Crippen LogP) is 5.06. The van der Waals surface area contributed by atoms with Gasteiger partial charge in [0.05, 0.1) is 121 Å². The normalized spacial score (nSPS) is 51.0. The molecule has 11 rings (SSSR count). The van der Waals surface area contributed by atoms with E-state index in [-0.39, 0.29) is 67.6 Å². The van der Waals surface area contributed by atoms with Gasteiger partial charge in [-0.05, 0) is 84.6 Å². The number of ether oxygens (including phenoxy) is 11. The summed E-state index contributed by atoms with van der Waals surface area (Å²) in [5.74, 6) is 0.0665. The van der Waals surface area contributed by atoms with Gasteiger partial charge in [0, 0.05) is 51.4 Å². The number of allylic oxidation sites excluding steroid dienone is 3. The number of rotatable bonds is 11. The van der Waals surface area contributed by atoms with E-state index in [1.54, 1.807) is 25.2 Å². The minimum atomic E-state index is -4.95. The third-order valence-corrected chi connectivity index (χ3v) is 20.6. The molecule has 4 N–H and O–H groups in total. The van der Waals surface area contributed by atoms with Crippen molar-refractivity contribution in [1.82, 2.24) is 0 Å². The van der Waals surface area contributed by atoms with Crippen molar-refractivity contribution in [2.45, 2.75) is 282 Å². The maximum Gasteiger partial charge on any atom is 0.397 e. The summed E-state index contributed by atoms with van der Waals surface area (Å²) in [5, 5.41) is 24.0. The Hall–Kier alpha value is -1.82. The van der Waals surface area contributed by atoms with Gasteiger partial charge in [0.2, 0.25) is 0 Å². The first-order chi connectivity index (χ1) is 36.5. The summed E-state index contributed by atoms with van der Waals surface area (Å²) in [6, 6.07) is 0. The summed E-state index contributed by atoms with van der Waals surface area (Å²) < 4.78 is 151. The fourth-order valence-corrected chi connectivity index (χ4v) is 16.2. The molecule has 23 heteroatoms. The standard InChI is InChI=1S/C55H82O21S2/c1-10-11-28(2)12-15-51(5,57)50-30(4)20-39-38(71-50)26-46-55(9,74-39)49(56)48-42(70-46)24-41-47(72-48)29(3)13-16-53(7)44(69-41)27-43-54(8,76-53)17-14-31-32(68-43)21-34-33(65-31)22-35-36(66-34)23-40-37(67-35)25-45(75-78(61,62)63)52(6,73-40)18-19-64-77(58,59)60/h10,12,15,29,31-50,56-57H,1-2,4,11,13-14,16-27H2,3,5-9H3,(H,58,59,60)(H,61,62,63). The fourth-order valence-electron chi connectivity index (χ4n) is 15.3. The molecule has 78 heavy (non-hydrogen) atoms. The molecule has 11 fully saturated rings. The molecule has 11 heterocycles. The monoisotopic (exact) mass is 1140 g/mol. The number of hydrogen-bond acceptors (Lipinski definition) is 19. The number of fused-ring (bicyclic) bond motifs is 10. The van der Waals surface area contributed by atoms with Crippen molar-refractivity contribution in [1.29, 1.82) is 0 Å². The minimum absolute atomic E-state index is 0.00240. The van der Waals surface area contributed by atoms with Crippen LogP contribution in [0.1, 0.15) is 131 Å². The lowest BCUT2D eigenvalue weighted by Gasteiger charge is -2.61. The second-order valence-electron chi connectivity index (χ2n) is 25.5. The van der Waals surface area contributed by atoms with Crippen LogP contribution in [-0.4, -0.2) is 193 Å². The van der Waals surface area contributed by atoms with Gasteiger partial charge in [-0.2, -0.15) is 16.8 Å². The smallest absolute Gasteiger partial charge is 0.387 e. The third kappa shape index (κ3) is 11.2. The van der Waals surface area contributed by atoms with E-state index in [2.05, 4.69) is 44.7 Å². The van der Waals surface area contributed by atoms with E-state index in [1.165, 1.54) is 6.92 Å².